The smallest absolute Gasteiger partial charge is 0.0820 e. The van der Waals surface area contributed by atoms with Crippen molar-refractivity contribution in [1.82, 2.24) is 0 Å². The molecule has 0 spiro atoms. The molecule has 2 aliphatic rings. The van der Waals surface area contributed by atoms with Crippen molar-refractivity contribution >= 4 is 0 Å². The van der Waals surface area contributed by atoms with Crippen LogP contribution in [0.4, 0.5) is 0 Å². The van der Waals surface area contributed by atoms with Crippen LogP contribution in [-0.2, 0) is 0 Å². The fourth-order valence-corrected chi connectivity index (χ4v) is 4.43. The minimum atomic E-state index is -0.273. The van der Waals surface area contributed by atoms with Crippen molar-refractivity contribution in [2.75, 3.05) is 0 Å². The molecule has 0 radical (unpaired) electrons. The third kappa shape index (κ3) is 2.40. The number of rotatable bonds is 3. The summed E-state index contributed by atoms with van der Waals surface area (Å²) in [6, 6.07) is 18.9. The summed E-state index contributed by atoms with van der Waals surface area (Å²) < 4.78 is 0. The van der Waals surface area contributed by atoms with Crippen LogP contribution < -0.4 is 0 Å². The molecule has 4 atom stereocenters. The second-order valence-corrected chi connectivity index (χ2v) is 6.77. The maximum absolute atomic E-state index is 10.7. The first kappa shape index (κ1) is 13.1. The second kappa shape index (κ2) is 5.31. The van der Waals surface area contributed by atoms with Crippen LogP contribution in [0.5, 0.6) is 0 Å². The van der Waals surface area contributed by atoms with Crippen LogP contribution >= 0.6 is 0 Å². The van der Waals surface area contributed by atoms with Gasteiger partial charge in [-0.3, -0.25) is 0 Å². The van der Waals surface area contributed by atoms with Gasteiger partial charge in [0.2, 0.25) is 0 Å². The van der Waals surface area contributed by atoms with Crippen molar-refractivity contribution in [1.29, 1.82) is 0 Å². The Labute approximate surface area is 126 Å². The minimum Gasteiger partial charge on any atom is -0.388 e. The van der Waals surface area contributed by atoms with Crippen molar-refractivity contribution in [3.8, 4) is 11.1 Å². The van der Waals surface area contributed by atoms with Gasteiger partial charge in [-0.25, -0.2) is 0 Å². The van der Waals surface area contributed by atoms with E-state index in [2.05, 4.69) is 48.5 Å². The molecule has 1 nitrogen and oxygen atoms in total. The normalized spacial score (nSPS) is 28.7. The van der Waals surface area contributed by atoms with Crippen molar-refractivity contribution < 1.29 is 5.11 Å². The Balaban J connectivity index is 1.54. The lowest BCUT2D eigenvalue weighted by Gasteiger charge is -2.27. The Morgan fingerprint density at radius 2 is 1.52 bits per heavy atom. The number of aliphatic hydroxyl groups excluding tert-OH is 1. The highest BCUT2D eigenvalue weighted by Gasteiger charge is 2.42. The zero-order valence-electron chi connectivity index (χ0n) is 12.3. The van der Waals surface area contributed by atoms with Gasteiger partial charge in [-0.05, 0) is 53.7 Å². The van der Waals surface area contributed by atoms with Gasteiger partial charge >= 0.3 is 0 Å². The topological polar surface area (TPSA) is 20.2 Å². The van der Waals surface area contributed by atoms with Crippen molar-refractivity contribution in [3.05, 3.63) is 60.2 Å². The van der Waals surface area contributed by atoms with Gasteiger partial charge in [-0.2, -0.15) is 0 Å². The Bertz CT molecular complexity index is 601. The van der Waals surface area contributed by atoms with Gasteiger partial charge in [0.15, 0.2) is 0 Å². The Kier molecular flexibility index (Phi) is 3.31. The lowest BCUT2D eigenvalue weighted by atomic mass is 9.82. The van der Waals surface area contributed by atoms with Crippen LogP contribution in [0.2, 0.25) is 0 Å². The maximum atomic E-state index is 10.7. The quantitative estimate of drug-likeness (QED) is 0.853. The standard InChI is InChI=1S/C20H22O/c21-20(19-13-14-6-7-18(19)12-14)17-10-8-16(9-11-17)15-4-2-1-3-5-15/h1-5,8-11,14,18-21H,6-7,12-13H2. The molecule has 2 saturated carbocycles. The van der Waals surface area contributed by atoms with Gasteiger partial charge in [-0.15, -0.1) is 0 Å². The number of fused-ring (bicyclic) bond motifs is 2. The lowest BCUT2D eigenvalue weighted by molar-refractivity contribution is 0.0745. The Hall–Kier alpha value is -1.60. The van der Waals surface area contributed by atoms with Crippen LogP contribution in [-0.4, -0.2) is 5.11 Å². The van der Waals surface area contributed by atoms with E-state index in [-0.39, 0.29) is 6.10 Å². The van der Waals surface area contributed by atoms with Crippen LogP contribution in [0.15, 0.2) is 54.6 Å². The lowest BCUT2D eigenvalue weighted by Crippen LogP contribution is -2.19. The van der Waals surface area contributed by atoms with Gasteiger partial charge in [0.05, 0.1) is 6.10 Å². The molecule has 2 aromatic rings. The molecule has 21 heavy (non-hydrogen) atoms. The largest absolute Gasteiger partial charge is 0.388 e. The number of aliphatic hydroxyl groups is 1. The summed E-state index contributed by atoms with van der Waals surface area (Å²) in [5.74, 6) is 2.14. The predicted octanol–water partition coefficient (Wildman–Crippen LogP) is 4.82. The summed E-state index contributed by atoms with van der Waals surface area (Å²) in [7, 11) is 0. The van der Waals surface area contributed by atoms with Crippen molar-refractivity contribution in [2.45, 2.75) is 31.8 Å². The van der Waals surface area contributed by atoms with Crippen LogP contribution in [0, 0.1) is 17.8 Å². The summed E-state index contributed by atoms with van der Waals surface area (Å²) in [6.45, 7) is 0. The monoisotopic (exact) mass is 278 g/mol. The van der Waals surface area contributed by atoms with Crippen LogP contribution in [0.25, 0.3) is 11.1 Å². The molecule has 2 bridgehead atoms. The zero-order chi connectivity index (χ0) is 14.2. The molecule has 2 aliphatic carbocycles. The molecule has 2 fully saturated rings. The van der Waals surface area contributed by atoms with Gasteiger partial charge in [-0.1, -0.05) is 61.0 Å². The highest BCUT2D eigenvalue weighted by atomic mass is 16.3. The molecule has 0 aliphatic heterocycles. The highest BCUT2D eigenvalue weighted by molar-refractivity contribution is 5.63. The Morgan fingerprint density at radius 1 is 0.810 bits per heavy atom. The third-order valence-corrected chi connectivity index (χ3v) is 5.56. The van der Waals surface area contributed by atoms with Crippen molar-refractivity contribution in [2.24, 2.45) is 17.8 Å². The summed E-state index contributed by atoms with van der Waals surface area (Å²) in [4.78, 5) is 0. The SMILES string of the molecule is OC(c1ccc(-c2ccccc2)cc1)C1CC2CCC1C2. The Morgan fingerprint density at radius 3 is 2.14 bits per heavy atom. The second-order valence-electron chi connectivity index (χ2n) is 6.77. The summed E-state index contributed by atoms with van der Waals surface area (Å²) in [5, 5.41) is 10.7. The summed E-state index contributed by atoms with van der Waals surface area (Å²) >= 11 is 0. The molecule has 1 N–H and O–H groups in total. The van der Waals surface area contributed by atoms with E-state index < -0.39 is 0 Å². The van der Waals surface area contributed by atoms with Gasteiger partial charge in [0.25, 0.3) is 0 Å². The maximum Gasteiger partial charge on any atom is 0.0820 e. The first-order valence-corrected chi connectivity index (χ1v) is 8.15. The molecule has 2 aromatic carbocycles. The molecule has 108 valence electrons. The fraction of sp³-hybridized carbons (Fsp3) is 0.400. The summed E-state index contributed by atoms with van der Waals surface area (Å²) in [5.41, 5.74) is 3.55. The van der Waals surface area contributed by atoms with E-state index in [1.807, 2.05) is 6.07 Å². The van der Waals surface area contributed by atoms with E-state index in [4.69, 9.17) is 0 Å². The minimum absolute atomic E-state index is 0.273. The number of hydrogen-bond acceptors (Lipinski definition) is 1. The molecule has 4 rings (SSSR count). The third-order valence-electron chi connectivity index (χ3n) is 5.56. The van der Waals surface area contributed by atoms with Gasteiger partial charge in [0, 0.05) is 0 Å². The molecule has 0 aromatic heterocycles. The van der Waals surface area contributed by atoms with E-state index in [0.717, 1.165) is 17.4 Å². The molecule has 0 saturated heterocycles. The molecule has 4 unspecified atom stereocenters. The number of benzene rings is 2. The van der Waals surface area contributed by atoms with E-state index in [1.165, 1.54) is 36.8 Å². The molecular weight excluding hydrogens is 256 g/mol. The molecule has 0 amide bonds. The van der Waals surface area contributed by atoms with Gasteiger partial charge in [0.1, 0.15) is 0 Å². The van der Waals surface area contributed by atoms with Crippen LogP contribution in [0.3, 0.4) is 0 Å². The van der Waals surface area contributed by atoms with Crippen LogP contribution in [0.1, 0.15) is 37.4 Å². The number of hydrogen-bond donors (Lipinski definition) is 1. The van der Waals surface area contributed by atoms with Crippen molar-refractivity contribution in [3.63, 3.8) is 0 Å². The average Bonchev–Trinajstić information content (AvgIpc) is 3.18. The molecule has 0 heterocycles. The van der Waals surface area contributed by atoms with E-state index in [0.29, 0.717) is 5.92 Å². The first-order valence-electron chi connectivity index (χ1n) is 8.15. The first-order chi connectivity index (χ1) is 10.3. The highest BCUT2D eigenvalue weighted by Crippen LogP contribution is 2.52. The summed E-state index contributed by atoms with van der Waals surface area (Å²) in [6.07, 6.45) is 5.02. The van der Waals surface area contributed by atoms with E-state index in [9.17, 15) is 5.11 Å². The van der Waals surface area contributed by atoms with Gasteiger partial charge < -0.3 is 5.11 Å². The fourth-order valence-electron chi connectivity index (χ4n) is 4.43. The van der Waals surface area contributed by atoms with E-state index >= 15 is 0 Å². The average molecular weight is 278 g/mol. The zero-order valence-corrected chi connectivity index (χ0v) is 12.3. The molecule has 1 heteroatoms. The predicted molar refractivity (Wildman–Crippen MR) is 85.8 cm³/mol. The molecular formula is C20H22O. The van der Waals surface area contributed by atoms with E-state index in [1.54, 1.807) is 0 Å².